The average Bonchev–Trinajstić information content (AvgIpc) is 3.34. The topological polar surface area (TPSA) is 184 Å². The van der Waals surface area contributed by atoms with E-state index in [9.17, 15) is 28.7 Å². The fraction of sp³-hybridized carbons (Fsp3) is 0.208. The van der Waals surface area contributed by atoms with Crippen molar-refractivity contribution in [1.82, 2.24) is 19.4 Å². The van der Waals surface area contributed by atoms with Crippen molar-refractivity contribution < 1.29 is 37.6 Å². The molecule has 1 aromatic carbocycles. The third-order valence-corrected chi connectivity index (χ3v) is 6.54. The molecule has 210 valence electrons. The number of anilines is 1. The second-order valence-electron chi connectivity index (χ2n) is 8.58. The lowest BCUT2D eigenvalue weighted by atomic mass is 10.1. The number of Topliss-reactive ketones (excluding diaryl/α,β-unsaturated/α-hetero) is 1. The molecule has 14 nitrogen and oxygen atoms in total. The maximum Gasteiger partial charge on any atom is 0.471 e. The van der Waals surface area contributed by atoms with Crippen molar-refractivity contribution in [3.8, 4) is 0 Å². The lowest BCUT2D eigenvalue weighted by Gasteiger charge is -2.34. The van der Waals surface area contributed by atoms with E-state index in [0.717, 1.165) is 22.0 Å². The van der Waals surface area contributed by atoms with Gasteiger partial charge in [0.2, 0.25) is 0 Å². The standard InChI is InChI=1S/C24H25FN7O7P/c1-27-7-8-32(26)22-20-19(18(25)13-28-22)17(14-31(20)15-39-40(36,37)38)21(33)24(35)30-11-9-29(10-12-30)23(34)16-5-3-2-4-6-16/h2-8,13-14H,1,9-12,15,26H2,(H2,36,37,38)/b8-7-. The monoisotopic (exact) mass is 573 g/mol. The minimum Gasteiger partial charge on any atom is -0.335 e. The van der Waals surface area contributed by atoms with Crippen LogP contribution in [0.5, 0.6) is 0 Å². The van der Waals surface area contributed by atoms with Crippen LogP contribution in [0.4, 0.5) is 10.2 Å². The first-order valence-corrected chi connectivity index (χ1v) is 13.3. The molecule has 0 aliphatic carbocycles. The SMILES string of the molecule is C=N/C=C\N(N)c1ncc(F)c2c(C(=O)C(=O)N3CCN(C(=O)c4ccccc4)CC3)cn(COP(=O)(O)O)c12. The van der Waals surface area contributed by atoms with Gasteiger partial charge in [-0.05, 0) is 18.9 Å². The van der Waals surface area contributed by atoms with Gasteiger partial charge in [0, 0.05) is 50.3 Å². The Balaban J connectivity index is 1.63. The minimum absolute atomic E-state index is 0.0638. The molecule has 0 bridgehead atoms. The number of nitrogens with zero attached hydrogens (tertiary/aromatic N) is 6. The van der Waals surface area contributed by atoms with Gasteiger partial charge in [-0.15, -0.1) is 0 Å². The fourth-order valence-corrected chi connectivity index (χ4v) is 4.48. The van der Waals surface area contributed by atoms with E-state index >= 15 is 4.39 Å². The predicted octanol–water partition coefficient (Wildman–Crippen LogP) is 1.26. The van der Waals surface area contributed by atoms with E-state index in [1.54, 1.807) is 35.2 Å². The summed E-state index contributed by atoms with van der Waals surface area (Å²) in [5.41, 5.74) is -0.0622. The first-order valence-electron chi connectivity index (χ1n) is 11.7. The highest BCUT2D eigenvalue weighted by molar-refractivity contribution is 7.46. The normalized spacial score (nSPS) is 14.1. The third kappa shape index (κ3) is 6.14. The van der Waals surface area contributed by atoms with Crippen LogP contribution in [0, 0.1) is 5.82 Å². The van der Waals surface area contributed by atoms with Gasteiger partial charge < -0.3 is 24.2 Å². The average molecular weight is 573 g/mol. The molecule has 1 fully saturated rings. The van der Waals surface area contributed by atoms with Gasteiger partial charge in [0.25, 0.3) is 17.6 Å². The Labute approximate surface area is 227 Å². The molecular formula is C24H25FN7O7P. The molecular weight excluding hydrogens is 548 g/mol. The van der Waals surface area contributed by atoms with E-state index in [1.165, 1.54) is 17.3 Å². The van der Waals surface area contributed by atoms with Crippen LogP contribution in [-0.4, -0.2) is 79.6 Å². The number of phosphoric acid groups is 1. The largest absolute Gasteiger partial charge is 0.471 e. The number of halogens is 1. The molecule has 0 atom stereocenters. The lowest BCUT2D eigenvalue weighted by molar-refractivity contribution is -0.127. The number of aromatic nitrogens is 2. The number of piperazine rings is 1. The first-order chi connectivity index (χ1) is 19.0. The number of amides is 2. The number of rotatable bonds is 9. The number of hydrogen-bond donors (Lipinski definition) is 3. The zero-order valence-electron chi connectivity index (χ0n) is 21.0. The van der Waals surface area contributed by atoms with Crippen LogP contribution < -0.4 is 10.9 Å². The molecule has 2 aromatic heterocycles. The van der Waals surface area contributed by atoms with Crippen molar-refractivity contribution in [2.24, 2.45) is 10.8 Å². The Bertz CT molecular complexity index is 1530. The Hall–Kier alpha value is -4.27. The van der Waals surface area contributed by atoms with E-state index < -0.39 is 37.6 Å². The number of carbonyl (C=O) groups excluding carboxylic acids is 3. The molecule has 16 heteroatoms. The van der Waals surface area contributed by atoms with Crippen LogP contribution in [0.25, 0.3) is 10.9 Å². The summed E-state index contributed by atoms with van der Waals surface area (Å²) >= 11 is 0. The molecule has 2 amide bonds. The fourth-order valence-electron chi connectivity index (χ4n) is 4.21. The number of carbonyl (C=O) groups is 3. The molecule has 0 spiro atoms. The van der Waals surface area contributed by atoms with Crippen molar-refractivity contribution in [1.29, 1.82) is 0 Å². The van der Waals surface area contributed by atoms with Gasteiger partial charge >= 0.3 is 7.82 Å². The van der Waals surface area contributed by atoms with Gasteiger partial charge in [-0.3, -0.25) is 28.9 Å². The van der Waals surface area contributed by atoms with Crippen molar-refractivity contribution in [2.75, 3.05) is 31.2 Å². The molecule has 1 aliphatic rings. The summed E-state index contributed by atoms with van der Waals surface area (Å²) < 4.78 is 32.0. The van der Waals surface area contributed by atoms with Crippen LogP contribution in [0.15, 0.2) is 60.1 Å². The van der Waals surface area contributed by atoms with Crippen molar-refractivity contribution in [3.05, 3.63) is 72.1 Å². The van der Waals surface area contributed by atoms with Crippen LogP contribution in [0.3, 0.4) is 0 Å². The van der Waals surface area contributed by atoms with Crippen LogP contribution in [0.1, 0.15) is 20.7 Å². The van der Waals surface area contributed by atoms with Gasteiger partial charge in [-0.25, -0.2) is 19.8 Å². The number of aliphatic imine (C=N–C) groups is 1. The predicted molar refractivity (Wildman–Crippen MR) is 141 cm³/mol. The van der Waals surface area contributed by atoms with Gasteiger partial charge in [-0.1, -0.05) is 18.2 Å². The molecule has 1 saturated heterocycles. The Morgan fingerprint density at radius 3 is 2.45 bits per heavy atom. The molecule has 1 aliphatic heterocycles. The number of hydrazine groups is 1. The number of hydrogen-bond acceptors (Lipinski definition) is 9. The molecule has 40 heavy (non-hydrogen) atoms. The molecule has 3 aromatic rings. The Kier molecular flexibility index (Phi) is 8.52. The summed E-state index contributed by atoms with van der Waals surface area (Å²) in [5, 5.41) is 0.565. The van der Waals surface area contributed by atoms with E-state index in [-0.39, 0.29) is 48.8 Å². The van der Waals surface area contributed by atoms with E-state index in [2.05, 4.69) is 21.2 Å². The Morgan fingerprint density at radius 1 is 1.18 bits per heavy atom. The summed E-state index contributed by atoms with van der Waals surface area (Å²) in [6, 6.07) is 8.63. The lowest BCUT2D eigenvalue weighted by Crippen LogP contribution is -2.52. The summed E-state index contributed by atoms with van der Waals surface area (Å²) in [6.45, 7) is 2.94. The van der Waals surface area contributed by atoms with Gasteiger partial charge in [0.05, 0.1) is 22.7 Å². The quantitative estimate of drug-likeness (QED) is 0.0841. The Morgan fingerprint density at radius 2 is 1.82 bits per heavy atom. The summed E-state index contributed by atoms with van der Waals surface area (Å²) in [7, 11) is -4.98. The third-order valence-electron chi connectivity index (χ3n) is 6.09. The maximum absolute atomic E-state index is 15.1. The van der Waals surface area contributed by atoms with Crippen molar-refractivity contribution in [2.45, 2.75) is 6.73 Å². The number of ketones is 1. The van der Waals surface area contributed by atoms with Crippen LogP contribution in [-0.2, 0) is 20.6 Å². The first kappa shape index (κ1) is 28.7. The second-order valence-corrected chi connectivity index (χ2v) is 9.82. The maximum atomic E-state index is 15.1. The number of fused-ring (bicyclic) bond motifs is 1. The minimum atomic E-state index is -4.98. The highest BCUT2D eigenvalue weighted by Crippen LogP contribution is 2.38. The number of nitrogens with two attached hydrogens (primary N) is 1. The van der Waals surface area contributed by atoms with E-state index in [4.69, 9.17) is 5.84 Å². The summed E-state index contributed by atoms with van der Waals surface area (Å²) in [6.07, 6.45) is 4.24. The smallest absolute Gasteiger partial charge is 0.335 e. The molecule has 0 radical (unpaired) electrons. The van der Waals surface area contributed by atoms with Gasteiger partial charge in [0.15, 0.2) is 11.6 Å². The van der Waals surface area contributed by atoms with Crippen molar-refractivity contribution >= 4 is 48.9 Å². The molecule has 0 saturated carbocycles. The number of pyridine rings is 1. The highest BCUT2D eigenvalue weighted by Gasteiger charge is 2.32. The van der Waals surface area contributed by atoms with E-state index in [0.29, 0.717) is 5.56 Å². The molecule has 0 unspecified atom stereocenters. The summed E-state index contributed by atoms with van der Waals surface area (Å²) in [5.74, 6) is 2.62. The zero-order chi connectivity index (χ0) is 29.0. The van der Waals surface area contributed by atoms with Crippen LogP contribution in [0.2, 0.25) is 0 Å². The number of phosphoric ester groups is 1. The number of benzene rings is 1. The van der Waals surface area contributed by atoms with E-state index in [1.807, 2.05) is 0 Å². The van der Waals surface area contributed by atoms with Crippen molar-refractivity contribution in [3.63, 3.8) is 0 Å². The van der Waals surface area contributed by atoms with Gasteiger partial charge in [-0.2, -0.15) is 0 Å². The molecule has 4 rings (SSSR count). The van der Waals surface area contributed by atoms with Gasteiger partial charge in [0.1, 0.15) is 6.73 Å². The summed E-state index contributed by atoms with van der Waals surface area (Å²) in [4.78, 5) is 67.9. The van der Waals surface area contributed by atoms with Crippen LogP contribution >= 0.6 is 7.82 Å². The second kappa shape index (κ2) is 11.9. The highest BCUT2D eigenvalue weighted by atomic mass is 31.2. The molecule has 3 heterocycles. The zero-order valence-corrected chi connectivity index (χ0v) is 21.9. The molecule has 4 N–H and O–H groups in total.